The third-order valence-corrected chi connectivity index (χ3v) is 7.33. The van der Waals surface area contributed by atoms with Gasteiger partial charge in [0.25, 0.3) is 5.91 Å². The molecule has 1 aliphatic heterocycles. The van der Waals surface area contributed by atoms with E-state index in [0.717, 1.165) is 31.2 Å². The average Bonchev–Trinajstić information content (AvgIpc) is 2.98. The molecule has 1 saturated heterocycles. The third-order valence-electron chi connectivity index (χ3n) is 5.10. The van der Waals surface area contributed by atoms with Gasteiger partial charge in [-0.15, -0.1) is 0 Å². The lowest BCUT2D eigenvalue weighted by Crippen LogP contribution is -2.32. The molecule has 1 aliphatic rings. The summed E-state index contributed by atoms with van der Waals surface area (Å²) in [6, 6.07) is 9.61. The summed E-state index contributed by atoms with van der Waals surface area (Å²) < 4.78 is 40.6. The molecule has 1 atom stereocenters. The van der Waals surface area contributed by atoms with Crippen LogP contribution in [0.5, 0.6) is 0 Å². The van der Waals surface area contributed by atoms with E-state index in [0.29, 0.717) is 13.1 Å². The Morgan fingerprint density at radius 2 is 1.69 bits per heavy atom. The first-order valence-corrected chi connectivity index (χ1v) is 11.5. The number of sulfonamides is 1. The van der Waals surface area contributed by atoms with Crippen molar-refractivity contribution in [1.29, 1.82) is 0 Å². The summed E-state index contributed by atoms with van der Waals surface area (Å²) >= 11 is 6.18. The number of hydrogen-bond donors (Lipinski definition) is 1. The van der Waals surface area contributed by atoms with E-state index in [2.05, 4.69) is 5.32 Å². The Morgan fingerprint density at radius 1 is 1.07 bits per heavy atom. The van der Waals surface area contributed by atoms with Crippen molar-refractivity contribution < 1.29 is 17.6 Å². The zero-order valence-corrected chi connectivity index (χ0v) is 17.8. The highest BCUT2D eigenvalue weighted by atomic mass is 35.5. The predicted molar refractivity (Wildman–Crippen MR) is 111 cm³/mol. The van der Waals surface area contributed by atoms with E-state index < -0.39 is 22.0 Å². The van der Waals surface area contributed by atoms with Crippen molar-refractivity contribution in [2.45, 2.75) is 43.5 Å². The molecule has 156 valence electrons. The van der Waals surface area contributed by atoms with Gasteiger partial charge in [-0.2, -0.15) is 4.31 Å². The molecule has 0 aromatic heterocycles. The molecule has 1 amide bonds. The van der Waals surface area contributed by atoms with E-state index in [1.54, 1.807) is 19.1 Å². The Bertz CT molecular complexity index is 972. The number of halogens is 2. The number of carbonyl (C=O) groups is 1. The molecule has 0 radical (unpaired) electrons. The summed E-state index contributed by atoms with van der Waals surface area (Å²) in [5, 5.41) is 2.96. The second-order valence-electron chi connectivity index (χ2n) is 7.21. The van der Waals surface area contributed by atoms with Crippen LogP contribution in [-0.2, 0) is 10.0 Å². The van der Waals surface area contributed by atoms with Gasteiger partial charge in [0.1, 0.15) is 5.82 Å². The van der Waals surface area contributed by atoms with Crippen LogP contribution in [0.1, 0.15) is 54.6 Å². The predicted octanol–water partition coefficient (Wildman–Crippen LogP) is 4.53. The van der Waals surface area contributed by atoms with Crippen LogP contribution in [0.2, 0.25) is 5.02 Å². The highest BCUT2D eigenvalue weighted by Crippen LogP contribution is 2.25. The van der Waals surface area contributed by atoms with Crippen molar-refractivity contribution in [1.82, 2.24) is 9.62 Å². The number of carbonyl (C=O) groups excluding carboxylic acids is 1. The highest BCUT2D eigenvalue weighted by Gasteiger charge is 2.27. The van der Waals surface area contributed by atoms with Gasteiger partial charge in [-0.1, -0.05) is 36.6 Å². The number of hydrogen-bond acceptors (Lipinski definition) is 3. The molecular formula is C21H24ClFN2O3S. The Hall–Kier alpha value is -1.96. The van der Waals surface area contributed by atoms with Crippen LogP contribution in [0.25, 0.3) is 0 Å². The second kappa shape index (κ2) is 9.24. The Labute approximate surface area is 175 Å². The molecule has 1 fully saturated rings. The van der Waals surface area contributed by atoms with Crippen LogP contribution in [-0.4, -0.2) is 31.7 Å². The van der Waals surface area contributed by atoms with Crippen LogP contribution in [0.4, 0.5) is 4.39 Å². The van der Waals surface area contributed by atoms with Gasteiger partial charge in [-0.05, 0) is 55.7 Å². The van der Waals surface area contributed by atoms with Crippen LogP contribution in [0.15, 0.2) is 47.4 Å². The van der Waals surface area contributed by atoms with Gasteiger partial charge in [-0.25, -0.2) is 12.8 Å². The van der Waals surface area contributed by atoms with Crippen LogP contribution in [0.3, 0.4) is 0 Å². The molecule has 0 bridgehead atoms. The number of nitrogens with zero attached hydrogens (tertiary/aromatic N) is 1. The van der Waals surface area contributed by atoms with Gasteiger partial charge in [0.2, 0.25) is 10.0 Å². The Balaban J connectivity index is 1.82. The van der Waals surface area contributed by atoms with Gasteiger partial charge in [-0.3, -0.25) is 4.79 Å². The molecule has 1 N–H and O–H groups in total. The monoisotopic (exact) mass is 438 g/mol. The summed E-state index contributed by atoms with van der Waals surface area (Å²) in [5.74, 6) is -0.846. The highest BCUT2D eigenvalue weighted by molar-refractivity contribution is 7.89. The molecule has 2 aromatic rings. The number of nitrogens with one attached hydrogen (secondary N) is 1. The zero-order valence-electron chi connectivity index (χ0n) is 16.2. The van der Waals surface area contributed by atoms with Crippen LogP contribution < -0.4 is 5.32 Å². The summed E-state index contributed by atoms with van der Waals surface area (Å²) in [5.41, 5.74) is 0.820. The van der Waals surface area contributed by atoms with Gasteiger partial charge in [0, 0.05) is 13.1 Å². The molecule has 1 heterocycles. The summed E-state index contributed by atoms with van der Waals surface area (Å²) in [6.07, 6.45) is 3.69. The largest absolute Gasteiger partial charge is 0.345 e. The SMILES string of the molecule is CC(NC(=O)c1cc(S(=O)(=O)N2CCCCCC2)ccc1Cl)c1ccc(F)cc1. The van der Waals surface area contributed by atoms with Gasteiger partial charge < -0.3 is 5.32 Å². The standard InChI is InChI=1S/C21H24ClFN2O3S/c1-15(16-6-8-17(23)9-7-16)24-21(26)19-14-18(10-11-20(19)22)29(27,28)25-12-4-2-3-5-13-25/h6-11,14-15H,2-5,12-13H2,1H3,(H,24,26). The minimum Gasteiger partial charge on any atom is -0.345 e. The molecule has 5 nitrogen and oxygen atoms in total. The van der Waals surface area contributed by atoms with Crippen molar-refractivity contribution in [2.24, 2.45) is 0 Å². The number of benzene rings is 2. The number of rotatable bonds is 5. The van der Waals surface area contributed by atoms with E-state index >= 15 is 0 Å². The molecule has 0 spiro atoms. The minimum atomic E-state index is -3.69. The fourth-order valence-corrected chi connectivity index (χ4v) is 5.13. The Kier molecular flexibility index (Phi) is 6.93. The fraction of sp³-hybridized carbons (Fsp3) is 0.381. The maximum absolute atomic E-state index is 13.1. The van der Waals surface area contributed by atoms with Gasteiger partial charge >= 0.3 is 0 Å². The Morgan fingerprint density at radius 3 is 2.31 bits per heavy atom. The van der Waals surface area contributed by atoms with Crippen molar-refractivity contribution in [3.8, 4) is 0 Å². The third kappa shape index (κ3) is 5.15. The first-order chi connectivity index (χ1) is 13.8. The molecule has 0 saturated carbocycles. The van der Waals surface area contributed by atoms with Crippen molar-refractivity contribution in [3.05, 3.63) is 64.4 Å². The lowest BCUT2D eigenvalue weighted by atomic mass is 10.1. The summed E-state index contributed by atoms with van der Waals surface area (Å²) in [4.78, 5) is 12.8. The van der Waals surface area contributed by atoms with Gasteiger partial charge in [0.15, 0.2) is 0 Å². The molecule has 1 unspecified atom stereocenters. The smallest absolute Gasteiger partial charge is 0.253 e. The molecule has 2 aromatic carbocycles. The molecule has 29 heavy (non-hydrogen) atoms. The van der Waals surface area contributed by atoms with E-state index in [-0.39, 0.29) is 21.3 Å². The molecule has 0 aliphatic carbocycles. The van der Waals surface area contributed by atoms with E-state index in [1.165, 1.54) is 34.6 Å². The fourth-order valence-electron chi connectivity index (χ4n) is 3.38. The second-order valence-corrected chi connectivity index (χ2v) is 9.55. The topological polar surface area (TPSA) is 66.5 Å². The lowest BCUT2D eigenvalue weighted by molar-refractivity contribution is 0.0940. The quantitative estimate of drug-likeness (QED) is 0.745. The van der Waals surface area contributed by atoms with E-state index in [1.807, 2.05) is 0 Å². The van der Waals surface area contributed by atoms with Crippen LogP contribution in [0, 0.1) is 5.82 Å². The van der Waals surface area contributed by atoms with E-state index in [4.69, 9.17) is 11.6 Å². The first-order valence-electron chi connectivity index (χ1n) is 9.65. The first kappa shape index (κ1) is 21.7. The van der Waals surface area contributed by atoms with Crippen molar-refractivity contribution >= 4 is 27.5 Å². The van der Waals surface area contributed by atoms with Crippen LogP contribution >= 0.6 is 11.6 Å². The summed E-state index contributed by atoms with van der Waals surface area (Å²) in [7, 11) is -3.69. The average molecular weight is 439 g/mol. The molecule has 3 rings (SSSR count). The van der Waals surface area contributed by atoms with Crippen molar-refractivity contribution in [3.63, 3.8) is 0 Å². The minimum absolute atomic E-state index is 0.0587. The molecule has 8 heteroatoms. The normalized spacial score (nSPS) is 16.8. The zero-order chi connectivity index (χ0) is 21.0. The van der Waals surface area contributed by atoms with Crippen molar-refractivity contribution in [2.75, 3.05) is 13.1 Å². The summed E-state index contributed by atoms with van der Waals surface area (Å²) in [6.45, 7) is 2.72. The maximum Gasteiger partial charge on any atom is 0.253 e. The number of amides is 1. The van der Waals surface area contributed by atoms with Gasteiger partial charge in [0.05, 0.1) is 21.5 Å². The molecular weight excluding hydrogens is 415 g/mol. The van der Waals surface area contributed by atoms with E-state index in [9.17, 15) is 17.6 Å². The lowest BCUT2D eigenvalue weighted by Gasteiger charge is -2.21. The maximum atomic E-state index is 13.1.